The van der Waals surface area contributed by atoms with Crippen molar-refractivity contribution in [2.45, 2.75) is 26.1 Å². The van der Waals surface area contributed by atoms with E-state index in [9.17, 15) is 19.8 Å². The molecule has 2 unspecified atom stereocenters. The molecule has 0 aliphatic rings. The van der Waals surface area contributed by atoms with Gasteiger partial charge in [-0.1, -0.05) is 30.3 Å². The van der Waals surface area contributed by atoms with E-state index in [1.54, 1.807) is 30.3 Å². The number of carbonyl (C=O) groups is 2. The summed E-state index contributed by atoms with van der Waals surface area (Å²) < 4.78 is 11.9. The van der Waals surface area contributed by atoms with Crippen molar-refractivity contribution in [2.24, 2.45) is 11.5 Å². The van der Waals surface area contributed by atoms with Gasteiger partial charge in [-0.25, -0.2) is 9.59 Å². The van der Waals surface area contributed by atoms with Gasteiger partial charge in [0.15, 0.2) is 17.5 Å². The fraction of sp³-hybridized carbons (Fsp3) is 0.182. The highest BCUT2D eigenvalue weighted by atomic mass is 16.6. The lowest BCUT2D eigenvalue weighted by atomic mass is 10.0. The Morgan fingerprint density at radius 1 is 0.939 bits per heavy atom. The summed E-state index contributed by atoms with van der Waals surface area (Å²) in [6.07, 6.45) is -3.00. The van der Waals surface area contributed by atoms with Crippen LogP contribution in [0.25, 0.3) is 22.2 Å². The van der Waals surface area contributed by atoms with Gasteiger partial charge in [-0.2, -0.15) is 0 Å². The second-order valence-electron chi connectivity index (χ2n) is 7.21. The van der Waals surface area contributed by atoms with Crippen LogP contribution in [0.5, 0.6) is 11.5 Å². The lowest BCUT2D eigenvalue weighted by molar-refractivity contribution is -0.145. The number of nitrogen functional groups attached to an aromatic ring is 2. The van der Waals surface area contributed by atoms with Crippen LogP contribution < -0.4 is 20.9 Å². The summed E-state index contributed by atoms with van der Waals surface area (Å²) in [6, 6.07) is 11.4. The summed E-state index contributed by atoms with van der Waals surface area (Å²) in [5.41, 5.74) is 12.9. The van der Waals surface area contributed by atoms with Crippen LogP contribution in [0.3, 0.4) is 0 Å². The molecular weight excluding hydrogens is 430 g/mol. The highest BCUT2D eigenvalue weighted by Crippen LogP contribution is 2.43. The number of carbonyl (C=O) groups excluding carboxylic acids is 2. The Morgan fingerprint density at radius 2 is 1.52 bits per heavy atom. The molecule has 2 atom stereocenters. The maximum atomic E-state index is 12.3. The number of benzene rings is 2. The smallest absolute Gasteiger partial charge is 0.340 e. The van der Waals surface area contributed by atoms with Crippen molar-refractivity contribution >= 4 is 34.6 Å². The molecule has 2 aromatic carbocycles. The molecule has 33 heavy (non-hydrogen) atoms. The van der Waals surface area contributed by atoms with Crippen LogP contribution in [0.4, 0.5) is 0 Å². The number of rotatable bonds is 6. The molecule has 11 heteroatoms. The van der Waals surface area contributed by atoms with Gasteiger partial charge in [-0.3, -0.25) is 15.4 Å². The fourth-order valence-corrected chi connectivity index (χ4v) is 3.27. The van der Waals surface area contributed by atoms with E-state index in [0.717, 1.165) is 0 Å². The van der Waals surface area contributed by atoms with Crippen LogP contribution in [0.2, 0.25) is 0 Å². The molecule has 0 fully saturated rings. The molecule has 0 aliphatic heterocycles. The van der Waals surface area contributed by atoms with Gasteiger partial charge in [0.05, 0.1) is 22.2 Å². The van der Waals surface area contributed by atoms with E-state index >= 15 is 0 Å². The van der Waals surface area contributed by atoms with Crippen molar-refractivity contribution in [1.82, 2.24) is 4.57 Å². The topological polar surface area (TPSA) is 198 Å². The van der Waals surface area contributed by atoms with Crippen LogP contribution in [0, 0.1) is 10.8 Å². The zero-order valence-corrected chi connectivity index (χ0v) is 17.8. The van der Waals surface area contributed by atoms with Gasteiger partial charge < -0.3 is 31.2 Å². The predicted molar refractivity (Wildman–Crippen MR) is 120 cm³/mol. The average Bonchev–Trinajstić information content (AvgIpc) is 3.11. The number of aromatic nitrogens is 1. The minimum Gasteiger partial charge on any atom is -0.421 e. The van der Waals surface area contributed by atoms with Gasteiger partial charge in [0, 0.05) is 0 Å². The van der Waals surface area contributed by atoms with Crippen LogP contribution in [0.15, 0.2) is 42.5 Å². The van der Waals surface area contributed by atoms with E-state index in [2.05, 4.69) is 0 Å². The average molecular weight is 453 g/mol. The SMILES string of the molecule is CC(O)C(=O)Oc1ccc2c(c1OC(=O)C(C)O)c(C(=N)N)c(-c1ccccc1)n2C(=N)N. The van der Waals surface area contributed by atoms with Gasteiger partial charge in [0.25, 0.3) is 0 Å². The van der Waals surface area contributed by atoms with Crippen molar-refractivity contribution in [3.8, 4) is 22.8 Å². The molecule has 0 bridgehead atoms. The number of ether oxygens (including phenoxy) is 2. The highest BCUT2D eigenvalue weighted by Gasteiger charge is 2.29. The van der Waals surface area contributed by atoms with Crippen LogP contribution in [-0.2, 0) is 9.59 Å². The van der Waals surface area contributed by atoms with E-state index in [1.807, 2.05) is 0 Å². The molecule has 11 nitrogen and oxygen atoms in total. The van der Waals surface area contributed by atoms with Crippen molar-refractivity contribution in [3.05, 3.63) is 48.0 Å². The molecule has 1 heterocycles. The third-order valence-electron chi connectivity index (χ3n) is 4.70. The molecule has 3 rings (SSSR count). The number of nitrogens with zero attached hydrogens (tertiary/aromatic N) is 1. The van der Waals surface area contributed by atoms with Crippen molar-refractivity contribution in [2.75, 3.05) is 0 Å². The monoisotopic (exact) mass is 453 g/mol. The van der Waals surface area contributed by atoms with E-state index in [0.29, 0.717) is 5.56 Å². The van der Waals surface area contributed by atoms with E-state index < -0.39 is 35.9 Å². The minimum absolute atomic E-state index is 0.0569. The second-order valence-corrected chi connectivity index (χ2v) is 7.21. The zero-order valence-electron chi connectivity index (χ0n) is 17.8. The number of hydrogen-bond acceptors (Lipinski definition) is 8. The maximum Gasteiger partial charge on any atom is 0.340 e. The van der Waals surface area contributed by atoms with E-state index in [1.165, 1.54) is 30.5 Å². The lowest BCUT2D eigenvalue weighted by Gasteiger charge is -2.14. The number of fused-ring (bicyclic) bond motifs is 1. The first-order valence-electron chi connectivity index (χ1n) is 9.79. The number of aliphatic hydroxyl groups is 2. The van der Waals surface area contributed by atoms with E-state index in [-0.39, 0.29) is 33.7 Å². The molecular formula is C22H23N5O6. The molecule has 0 aliphatic carbocycles. The Balaban J connectivity index is 2.48. The quantitative estimate of drug-likeness (QED) is 0.137. The largest absolute Gasteiger partial charge is 0.421 e. The van der Waals surface area contributed by atoms with Gasteiger partial charge in [-0.15, -0.1) is 0 Å². The Bertz CT molecular complexity index is 1260. The Labute approximate surface area is 188 Å². The number of nitrogens with one attached hydrogen (secondary N) is 2. The molecule has 1 aromatic heterocycles. The summed E-state index contributed by atoms with van der Waals surface area (Å²) in [6.45, 7) is 2.38. The molecule has 0 saturated heterocycles. The number of aliphatic hydroxyl groups excluding tert-OH is 2. The first kappa shape index (κ1) is 23.4. The number of amidine groups is 1. The third-order valence-corrected chi connectivity index (χ3v) is 4.70. The molecule has 0 amide bonds. The highest BCUT2D eigenvalue weighted by molar-refractivity contribution is 6.18. The van der Waals surface area contributed by atoms with Crippen molar-refractivity contribution in [1.29, 1.82) is 10.8 Å². The number of hydrogen-bond donors (Lipinski definition) is 6. The number of nitrogens with two attached hydrogens (primary N) is 2. The van der Waals surface area contributed by atoms with Gasteiger partial charge in [0.1, 0.15) is 18.0 Å². The van der Waals surface area contributed by atoms with E-state index in [4.69, 9.17) is 31.8 Å². The van der Waals surface area contributed by atoms with Crippen molar-refractivity contribution in [3.63, 3.8) is 0 Å². The predicted octanol–water partition coefficient (Wildman–Crippen LogP) is 0.906. The summed E-state index contributed by atoms with van der Waals surface area (Å²) in [4.78, 5) is 24.3. The summed E-state index contributed by atoms with van der Waals surface area (Å²) >= 11 is 0. The van der Waals surface area contributed by atoms with Gasteiger partial charge >= 0.3 is 11.9 Å². The van der Waals surface area contributed by atoms with Crippen LogP contribution >= 0.6 is 0 Å². The molecule has 0 saturated carbocycles. The Morgan fingerprint density at radius 3 is 2.03 bits per heavy atom. The van der Waals surface area contributed by atoms with Gasteiger partial charge in [0.2, 0.25) is 0 Å². The van der Waals surface area contributed by atoms with Gasteiger partial charge in [-0.05, 0) is 31.5 Å². The first-order valence-corrected chi connectivity index (χ1v) is 9.79. The maximum absolute atomic E-state index is 12.3. The normalized spacial score (nSPS) is 12.7. The van der Waals surface area contributed by atoms with Crippen LogP contribution in [0.1, 0.15) is 19.4 Å². The Hall–Kier alpha value is -4.22. The zero-order chi connectivity index (χ0) is 24.4. The standard InChI is InChI=1S/C22H23N5O6/c1-10(28)20(30)32-14-9-8-13-15(18(14)33-21(31)11(2)29)16(19(23)24)17(27(13)22(25)26)12-6-4-3-5-7-12/h3-11,28-29H,1-2H3,(H3,23,24)(H3,25,26). The second kappa shape index (κ2) is 9.10. The molecule has 0 radical (unpaired) electrons. The fourth-order valence-electron chi connectivity index (χ4n) is 3.27. The van der Waals surface area contributed by atoms with Crippen LogP contribution in [-0.4, -0.2) is 50.7 Å². The molecule has 3 aromatic rings. The minimum atomic E-state index is -1.52. The molecule has 8 N–H and O–H groups in total. The number of esters is 2. The Kier molecular flexibility index (Phi) is 6.47. The summed E-state index contributed by atoms with van der Waals surface area (Å²) in [5.74, 6) is -3.52. The summed E-state index contributed by atoms with van der Waals surface area (Å²) in [7, 11) is 0. The lowest BCUT2D eigenvalue weighted by Crippen LogP contribution is -2.25. The third kappa shape index (κ3) is 4.40. The molecule has 0 spiro atoms. The molecule has 172 valence electrons. The van der Waals surface area contributed by atoms with Crippen molar-refractivity contribution < 1.29 is 29.3 Å². The summed E-state index contributed by atoms with van der Waals surface area (Å²) in [5, 5.41) is 35.6. The first-order chi connectivity index (χ1) is 15.5.